The number of nitrogens with two attached hydrogens (primary N) is 1. The van der Waals surface area contributed by atoms with Gasteiger partial charge in [0, 0.05) is 6.54 Å². The molecule has 0 atom stereocenters. The van der Waals surface area contributed by atoms with Gasteiger partial charge >= 0.3 is 11.8 Å². The largest absolute Gasteiger partial charge is 0.504 e. The molecule has 0 spiro atoms. The second-order valence-electron chi connectivity index (χ2n) is 3.05. The van der Waals surface area contributed by atoms with Crippen molar-refractivity contribution in [1.82, 2.24) is 5.32 Å². The number of carbonyl (C=O) groups is 2. The number of hydrogen-bond acceptors (Lipinski definition) is 4. The van der Waals surface area contributed by atoms with Gasteiger partial charge in [-0.05, 0) is 17.7 Å². The number of rotatable bonds is 3. The van der Waals surface area contributed by atoms with Gasteiger partial charge in [0.2, 0.25) is 0 Å². The molecule has 0 saturated heterocycles. The van der Waals surface area contributed by atoms with Crippen molar-refractivity contribution in [1.29, 1.82) is 0 Å². The van der Waals surface area contributed by atoms with Crippen LogP contribution < -0.4 is 15.8 Å². The Bertz CT molecular complexity index is 417. The van der Waals surface area contributed by atoms with Crippen LogP contribution >= 0.6 is 0 Å². The lowest BCUT2D eigenvalue weighted by molar-refractivity contribution is -0.137. The second-order valence-corrected chi connectivity index (χ2v) is 3.05. The van der Waals surface area contributed by atoms with Crippen molar-refractivity contribution in [2.24, 2.45) is 5.73 Å². The minimum absolute atomic E-state index is 0.00692. The fraction of sp³-hybridized carbons (Fsp3) is 0.200. The van der Waals surface area contributed by atoms with Gasteiger partial charge in [-0.2, -0.15) is 0 Å². The molecule has 0 aromatic heterocycles. The summed E-state index contributed by atoms with van der Waals surface area (Å²) in [6.45, 7) is 0.137. The Balaban J connectivity index is 2.68. The standard InChI is InChI=1S/C10H12N2O4/c1-16-8-4-6(2-3-7(8)13)5-12-10(15)9(11)14/h2-4,13H,5H2,1H3,(H2,11,14)(H,12,15). The van der Waals surface area contributed by atoms with E-state index >= 15 is 0 Å². The number of amides is 2. The van der Waals surface area contributed by atoms with Crippen molar-refractivity contribution in [2.75, 3.05) is 7.11 Å². The minimum atomic E-state index is -1.04. The fourth-order valence-corrected chi connectivity index (χ4v) is 1.10. The molecule has 0 saturated carbocycles. The number of aromatic hydroxyl groups is 1. The lowest BCUT2D eigenvalue weighted by Crippen LogP contribution is -2.35. The van der Waals surface area contributed by atoms with Gasteiger partial charge in [-0.1, -0.05) is 6.07 Å². The van der Waals surface area contributed by atoms with Gasteiger partial charge in [0.05, 0.1) is 7.11 Å². The van der Waals surface area contributed by atoms with Crippen molar-refractivity contribution in [3.8, 4) is 11.5 Å². The van der Waals surface area contributed by atoms with Gasteiger partial charge in [-0.3, -0.25) is 9.59 Å². The van der Waals surface area contributed by atoms with Gasteiger partial charge in [-0.25, -0.2) is 0 Å². The van der Waals surface area contributed by atoms with E-state index in [0.29, 0.717) is 11.3 Å². The van der Waals surface area contributed by atoms with E-state index in [0.717, 1.165) is 0 Å². The summed E-state index contributed by atoms with van der Waals surface area (Å²) in [7, 11) is 1.42. The van der Waals surface area contributed by atoms with Gasteiger partial charge < -0.3 is 20.9 Å². The number of benzene rings is 1. The highest BCUT2D eigenvalue weighted by molar-refractivity contribution is 6.34. The SMILES string of the molecule is COc1cc(CNC(=O)C(N)=O)ccc1O. The number of ether oxygens (including phenoxy) is 1. The van der Waals surface area contributed by atoms with Crippen LogP contribution in [-0.2, 0) is 16.1 Å². The Morgan fingerprint density at radius 2 is 2.19 bits per heavy atom. The van der Waals surface area contributed by atoms with Crippen molar-refractivity contribution in [2.45, 2.75) is 6.54 Å². The van der Waals surface area contributed by atoms with Crippen LogP contribution in [-0.4, -0.2) is 24.0 Å². The normalized spacial score (nSPS) is 9.56. The van der Waals surface area contributed by atoms with Crippen molar-refractivity contribution < 1.29 is 19.4 Å². The number of primary amides is 1. The van der Waals surface area contributed by atoms with Crippen molar-refractivity contribution >= 4 is 11.8 Å². The first kappa shape index (κ1) is 11.8. The molecule has 6 nitrogen and oxygen atoms in total. The minimum Gasteiger partial charge on any atom is -0.504 e. The third-order valence-electron chi connectivity index (χ3n) is 1.92. The molecule has 2 amide bonds. The third kappa shape index (κ3) is 2.88. The predicted octanol–water partition coefficient (Wildman–Crippen LogP) is -0.498. The number of hydrogen-bond donors (Lipinski definition) is 3. The number of methoxy groups -OCH3 is 1. The van der Waals surface area contributed by atoms with Gasteiger partial charge in [-0.15, -0.1) is 0 Å². The molecule has 0 unspecified atom stereocenters. The van der Waals surface area contributed by atoms with E-state index in [4.69, 9.17) is 10.5 Å². The third-order valence-corrected chi connectivity index (χ3v) is 1.92. The number of phenols is 1. The molecule has 0 aliphatic carbocycles. The van der Waals surface area contributed by atoms with Crippen LogP contribution in [0.25, 0.3) is 0 Å². The Labute approximate surface area is 92.0 Å². The quantitative estimate of drug-likeness (QED) is 0.602. The summed E-state index contributed by atoms with van der Waals surface area (Å²) in [5.41, 5.74) is 5.45. The predicted molar refractivity (Wildman–Crippen MR) is 55.7 cm³/mol. The average Bonchev–Trinajstić information content (AvgIpc) is 2.27. The van der Waals surface area contributed by atoms with Crippen molar-refractivity contribution in [3.63, 3.8) is 0 Å². The smallest absolute Gasteiger partial charge is 0.309 e. The molecule has 0 heterocycles. The molecule has 0 aliphatic rings. The van der Waals surface area contributed by atoms with E-state index in [2.05, 4.69) is 5.32 Å². The Hall–Kier alpha value is -2.24. The molecule has 86 valence electrons. The van der Waals surface area contributed by atoms with E-state index in [9.17, 15) is 14.7 Å². The van der Waals surface area contributed by atoms with Crippen LogP contribution in [0.2, 0.25) is 0 Å². The zero-order valence-corrected chi connectivity index (χ0v) is 8.69. The first-order valence-corrected chi connectivity index (χ1v) is 4.48. The highest BCUT2D eigenvalue weighted by atomic mass is 16.5. The van der Waals surface area contributed by atoms with Crippen LogP contribution in [0.5, 0.6) is 11.5 Å². The summed E-state index contributed by atoms with van der Waals surface area (Å²) in [5.74, 6) is -1.59. The van der Waals surface area contributed by atoms with E-state index in [1.54, 1.807) is 12.1 Å². The molecule has 4 N–H and O–H groups in total. The number of nitrogens with one attached hydrogen (secondary N) is 1. The first-order valence-electron chi connectivity index (χ1n) is 4.48. The molecule has 1 aromatic rings. The molecule has 16 heavy (non-hydrogen) atoms. The first-order chi connectivity index (χ1) is 7.54. The second kappa shape index (κ2) is 5.01. The van der Waals surface area contributed by atoms with Crippen LogP contribution in [0.1, 0.15) is 5.56 Å². The van der Waals surface area contributed by atoms with Crippen LogP contribution in [0.15, 0.2) is 18.2 Å². The zero-order chi connectivity index (χ0) is 12.1. The highest BCUT2D eigenvalue weighted by Crippen LogP contribution is 2.25. The summed E-state index contributed by atoms with van der Waals surface area (Å²) in [6.07, 6.45) is 0. The summed E-state index contributed by atoms with van der Waals surface area (Å²) in [4.78, 5) is 21.3. The summed E-state index contributed by atoms with van der Waals surface area (Å²) < 4.78 is 4.89. The molecular formula is C10H12N2O4. The van der Waals surface area contributed by atoms with Gasteiger partial charge in [0.15, 0.2) is 11.5 Å². The maximum Gasteiger partial charge on any atom is 0.309 e. The topological polar surface area (TPSA) is 102 Å². The lowest BCUT2D eigenvalue weighted by Gasteiger charge is -2.07. The molecule has 1 aromatic carbocycles. The van der Waals surface area contributed by atoms with Crippen LogP contribution in [0.3, 0.4) is 0 Å². The highest BCUT2D eigenvalue weighted by Gasteiger charge is 2.08. The lowest BCUT2D eigenvalue weighted by atomic mass is 10.2. The fourth-order valence-electron chi connectivity index (χ4n) is 1.10. The van der Waals surface area contributed by atoms with E-state index in [-0.39, 0.29) is 12.3 Å². The van der Waals surface area contributed by atoms with Gasteiger partial charge in [0.1, 0.15) is 0 Å². The summed E-state index contributed by atoms with van der Waals surface area (Å²) in [6, 6.07) is 4.58. The molecule has 0 fully saturated rings. The molecule has 0 radical (unpaired) electrons. The summed E-state index contributed by atoms with van der Waals surface area (Å²) >= 11 is 0. The Kier molecular flexibility index (Phi) is 3.71. The van der Waals surface area contributed by atoms with Gasteiger partial charge in [0.25, 0.3) is 0 Å². The monoisotopic (exact) mass is 224 g/mol. The Morgan fingerprint density at radius 1 is 1.50 bits per heavy atom. The zero-order valence-electron chi connectivity index (χ0n) is 8.69. The molecule has 0 bridgehead atoms. The average molecular weight is 224 g/mol. The molecule has 6 heteroatoms. The molecule has 1 rings (SSSR count). The van der Waals surface area contributed by atoms with E-state index < -0.39 is 11.8 Å². The number of phenolic OH excluding ortho intramolecular Hbond substituents is 1. The maximum absolute atomic E-state index is 10.9. The van der Waals surface area contributed by atoms with Crippen LogP contribution in [0, 0.1) is 0 Å². The molecular weight excluding hydrogens is 212 g/mol. The summed E-state index contributed by atoms with van der Waals surface area (Å²) in [5, 5.41) is 11.6. The van der Waals surface area contributed by atoms with E-state index in [1.165, 1.54) is 13.2 Å². The Morgan fingerprint density at radius 3 is 2.75 bits per heavy atom. The maximum atomic E-state index is 10.9. The van der Waals surface area contributed by atoms with E-state index in [1.807, 2.05) is 0 Å². The van der Waals surface area contributed by atoms with Crippen molar-refractivity contribution in [3.05, 3.63) is 23.8 Å². The number of carbonyl (C=O) groups excluding carboxylic acids is 2. The van der Waals surface area contributed by atoms with Crippen LogP contribution in [0.4, 0.5) is 0 Å². The molecule has 0 aliphatic heterocycles.